The molecule has 0 radical (unpaired) electrons. The molecule has 0 saturated carbocycles. The second-order valence-electron chi connectivity index (χ2n) is 5.86. The standard InChI is InChI=1S/C16H17N5OS/c1-9-2-5-15(23-9)13-7-14(21-20-13)16(22)18-11-3-4-12-10(6-11)8-17-19-12/h2,5,7-8,11H,3-4,6H2,1H3,(H,17,19)(H,18,22)(H,20,21). The minimum absolute atomic E-state index is 0.127. The minimum Gasteiger partial charge on any atom is -0.348 e. The molecule has 0 aromatic carbocycles. The van der Waals surface area contributed by atoms with Gasteiger partial charge in [0, 0.05) is 16.6 Å². The fraction of sp³-hybridized carbons (Fsp3) is 0.312. The van der Waals surface area contributed by atoms with E-state index in [-0.39, 0.29) is 11.9 Å². The minimum atomic E-state index is -0.127. The highest BCUT2D eigenvalue weighted by atomic mass is 32.1. The summed E-state index contributed by atoms with van der Waals surface area (Å²) in [5.74, 6) is -0.127. The van der Waals surface area contributed by atoms with Crippen LogP contribution in [0.5, 0.6) is 0 Å². The zero-order chi connectivity index (χ0) is 15.8. The van der Waals surface area contributed by atoms with E-state index in [2.05, 4.69) is 38.7 Å². The van der Waals surface area contributed by atoms with Gasteiger partial charge in [-0.1, -0.05) is 0 Å². The first-order chi connectivity index (χ1) is 11.2. The van der Waals surface area contributed by atoms with Crippen LogP contribution in [0.15, 0.2) is 24.4 Å². The molecule has 0 aliphatic heterocycles. The van der Waals surface area contributed by atoms with Crippen molar-refractivity contribution in [1.29, 1.82) is 0 Å². The molecule has 1 amide bonds. The number of thiophene rings is 1. The van der Waals surface area contributed by atoms with Gasteiger partial charge in [-0.05, 0) is 49.9 Å². The molecule has 3 aromatic heterocycles. The van der Waals surface area contributed by atoms with Gasteiger partial charge in [0.25, 0.3) is 5.91 Å². The summed E-state index contributed by atoms with van der Waals surface area (Å²) in [7, 11) is 0. The van der Waals surface area contributed by atoms with Crippen molar-refractivity contribution in [3.8, 4) is 10.6 Å². The number of H-pyrrole nitrogens is 2. The number of aromatic nitrogens is 4. The van der Waals surface area contributed by atoms with Gasteiger partial charge >= 0.3 is 0 Å². The Morgan fingerprint density at radius 1 is 1.39 bits per heavy atom. The van der Waals surface area contributed by atoms with Crippen molar-refractivity contribution in [3.63, 3.8) is 0 Å². The Morgan fingerprint density at radius 2 is 2.30 bits per heavy atom. The molecule has 1 atom stereocenters. The lowest BCUT2D eigenvalue weighted by atomic mass is 9.93. The van der Waals surface area contributed by atoms with Gasteiger partial charge in [0.1, 0.15) is 0 Å². The van der Waals surface area contributed by atoms with Crippen LogP contribution in [0, 0.1) is 6.92 Å². The molecule has 3 aromatic rings. The Kier molecular flexibility index (Phi) is 3.49. The number of fused-ring (bicyclic) bond motifs is 1. The molecule has 4 rings (SSSR count). The lowest BCUT2D eigenvalue weighted by Crippen LogP contribution is -2.38. The van der Waals surface area contributed by atoms with Crippen molar-refractivity contribution in [2.75, 3.05) is 0 Å². The number of amides is 1. The molecule has 118 valence electrons. The summed E-state index contributed by atoms with van der Waals surface area (Å²) in [5.41, 5.74) is 3.70. The molecule has 0 spiro atoms. The second kappa shape index (κ2) is 5.66. The van der Waals surface area contributed by atoms with Crippen LogP contribution in [0.3, 0.4) is 0 Å². The Balaban J connectivity index is 1.45. The number of rotatable bonds is 3. The fourth-order valence-electron chi connectivity index (χ4n) is 2.94. The quantitative estimate of drug-likeness (QED) is 0.690. The summed E-state index contributed by atoms with van der Waals surface area (Å²) in [6, 6.07) is 6.05. The Morgan fingerprint density at radius 3 is 3.13 bits per heavy atom. The van der Waals surface area contributed by atoms with Gasteiger partial charge in [-0.2, -0.15) is 10.2 Å². The van der Waals surface area contributed by atoms with Gasteiger partial charge in [0.15, 0.2) is 5.69 Å². The van der Waals surface area contributed by atoms with E-state index in [9.17, 15) is 4.79 Å². The number of carbonyl (C=O) groups is 1. The zero-order valence-corrected chi connectivity index (χ0v) is 13.5. The summed E-state index contributed by atoms with van der Waals surface area (Å²) in [6.45, 7) is 2.06. The highest BCUT2D eigenvalue weighted by molar-refractivity contribution is 7.15. The zero-order valence-electron chi connectivity index (χ0n) is 12.7. The molecular weight excluding hydrogens is 310 g/mol. The van der Waals surface area contributed by atoms with E-state index in [0.717, 1.165) is 29.8 Å². The molecule has 23 heavy (non-hydrogen) atoms. The van der Waals surface area contributed by atoms with E-state index in [1.807, 2.05) is 18.3 Å². The third kappa shape index (κ3) is 2.79. The summed E-state index contributed by atoms with van der Waals surface area (Å²) >= 11 is 1.68. The first-order valence-corrected chi connectivity index (χ1v) is 8.45. The molecule has 1 aliphatic carbocycles. The number of nitrogens with zero attached hydrogens (tertiary/aromatic N) is 2. The lowest BCUT2D eigenvalue weighted by molar-refractivity contribution is 0.0928. The number of hydrogen-bond donors (Lipinski definition) is 3. The molecule has 0 bridgehead atoms. The highest BCUT2D eigenvalue weighted by Gasteiger charge is 2.23. The van der Waals surface area contributed by atoms with Crippen molar-refractivity contribution in [1.82, 2.24) is 25.7 Å². The molecular formula is C16H17N5OS. The van der Waals surface area contributed by atoms with Crippen molar-refractivity contribution in [2.24, 2.45) is 0 Å². The smallest absolute Gasteiger partial charge is 0.272 e. The van der Waals surface area contributed by atoms with E-state index in [0.29, 0.717) is 5.69 Å². The summed E-state index contributed by atoms with van der Waals surface area (Å²) < 4.78 is 0. The van der Waals surface area contributed by atoms with Gasteiger partial charge in [-0.15, -0.1) is 11.3 Å². The fourth-order valence-corrected chi connectivity index (χ4v) is 3.78. The second-order valence-corrected chi connectivity index (χ2v) is 7.15. The number of nitrogens with one attached hydrogen (secondary N) is 3. The third-order valence-electron chi connectivity index (χ3n) is 4.17. The van der Waals surface area contributed by atoms with E-state index < -0.39 is 0 Å². The average Bonchev–Trinajstić information content (AvgIpc) is 3.26. The molecule has 0 fully saturated rings. The number of carbonyl (C=O) groups excluding carboxylic acids is 1. The number of aryl methyl sites for hydroxylation is 2. The van der Waals surface area contributed by atoms with Gasteiger partial charge in [0.05, 0.1) is 16.8 Å². The molecule has 1 aliphatic rings. The van der Waals surface area contributed by atoms with E-state index >= 15 is 0 Å². The van der Waals surface area contributed by atoms with E-state index in [1.54, 1.807) is 11.3 Å². The van der Waals surface area contributed by atoms with Gasteiger partial charge in [-0.3, -0.25) is 15.0 Å². The maximum absolute atomic E-state index is 12.4. The summed E-state index contributed by atoms with van der Waals surface area (Å²) in [6.07, 6.45) is 4.50. The van der Waals surface area contributed by atoms with Crippen molar-refractivity contribution >= 4 is 17.2 Å². The Hall–Kier alpha value is -2.41. The molecule has 0 saturated heterocycles. The molecule has 1 unspecified atom stereocenters. The van der Waals surface area contributed by atoms with Crippen LogP contribution in [0.1, 0.15) is 33.0 Å². The van der Waals surface area contributed by atoms with Gasteiger partial charge < -0.3 is 5.32 Å². The first-order valence-electron chi connectivity index (χ1n) is 7.63. The predicted molar refractivity (Wildman–Crippen MR) is 88.5 cm³/mol. The van der Waals surface area contributed by atoms with Crippen LogP contribution in [-0.2, 0) is 12.8 Å². The largest absolute Gasteiger partial charge is 0.348 e. The Labute approximate surface area is 137 Å². The molecule has 7 heteroatoms. The van der Waals surface area contributed by atoms with Gasteiger partial charge in [-0.25, -0.2) is 0 Å². The summed E-state index contributed by atoms with van der Waals surface area (Å²) in [5, 5.41) is 17.2. The normalized spacial score (nSPS) is 17.0. The first kappa shape index (κ1) is 14.2. The van der Waals surface area contributed by atoms with Crippen LogP contribution in [0.2, 0.25) is 0 Å². The third-order valence-corrected chi connectivity index (χ3v) is 5.20. The maximum Gasteiger partial charge on any atom is 0.272 e. The summed E-state index contributed by atoms with van der Waals surface area (Å²) in [4.78, 5) is 14.7. The van der Waals surface area contributed by atoms with Crippen LogP contribution in [0.25, 0.3) is 10.6 Å². The Bertz CT molecular complexity index is 846. The number of aromatic amines is 2. The highest BCUT2D eigenvalue weighted by Crippen LogP contribution is 2.26. The predicted octanol–water partition coefficient (Wildman–Crippen LogP) is 2.46. The van der Waals surface area contributed by atoms with Crippen molar-refractivity contribution in [3.05, 3.63) is 46.2 Å². The molecule has 3 N–H and O–H groups in total. The lowest BCUT2D eigenvalue weighted by Gasteiger charge is -2.22. The van der Waals surface area contributed by atoms with Crippen LogP contribution < -0.4 is 5.32 Å². The van der Waals surface area contributed by atoms with E-state index in [1.165, 1.54) is 16.1 Å². The van der Waals surface area contributed by atoms with Crippen molar-refractivity contribution < 1.29 is 4.79 Å². The monoisotopic (exact) mass is 327 g/mol. The maximum atomic E-state index is 12.4. The van der Waals surface area contributed by atoms with Crippen molar-refractivity contribution in [2.45, 2.75) is 32.2 Å². The van der Waals surface area contributed by atoms with Crippen LogP contribution >= 0.6 is 11.3 Å². The van der Waals surface area contributed by atoms with Crippen LogP contribution in [0.4, 0.5) is 0 Å². The molecule has 3 heterocycles. The number of hydrogen-bond acceptors (Lipinski definition) is 4. The van der Waals surface area contributed by atoms with E-state index in [4.69, 9.17) is 0 Å². The van der Waals surface area contributed by atoms with Crippen LogP contribution in [-0.4, -0.2) is 32.3 Å². The average molecular weight is 327 g/mol. The van der Waals surface area contributed by atoms with Gasteiger partial charge in [0.2, 0.25) is 0 Å². The topological polar surface area (TPSA) is 86.5 Å². The molecule has 6 nitrogen and oxygen atoms in total. The SMILES string of the molecule is Cc1ccc(-c2cc(C(=O)NC3CCc4[nH]ncc4C3)n[nH]2)s1.